The molecule has 1 aliphatic heterocycles. The van der Waals surface area contributed by atoms with Crippen LogP contribution >= 0.6 is 0 Å². The number of fused-ring (bicyclic) bond motifs is 1. The molecule has 2 aromatic rings. The summed E-state index contributed by atoms with van der Waals surface area (Å²) < 4.78 is 28.5. The predicted octanol–water partition coefficient (Wildman–Crippen LogP) is 2.91. The fourth-order valence-corrected chi connectivity index (χ4v) is 3.60. The molecule has 6 heteroatoms. The van der Waals surface area contributed by atoms with Crippen molar-refractivity contribution in [1.29, 1.82) is 0 Å². The van der Waals surface area contributed by atoms with Crippen molar-refractivity contribution in [3.63, 3.8) is 0 Å². The first-order valence-electron chi connectivity index (χ1n) is 8.49. The zero-order valence-corrected chi connectivity index (χ0v) is 15.0. The number of nitrogens with one attached hydrogen (secondary N) is 1. The minimum Gasteiger partial charge on any atom is -0.389 e. The largest absolute Gasteiger partial charge is 0.389 e. The van der Waals surface area contributed by atoms with Crippen LogP contribution in [0.4, 0.5) is 14.5 Å². The van der Waals surface area contributed by atoms with E-state index in [0.717, 1.165) is 0 Å². The van der Waals surface area contributed by atoms with Crippen molar-refractivity contribution in [2.75, 3.05) is 18.5 Å². The normalized spacial score (nSPS) is 17.9. The summed E-state index contributed by atoms with van der Waals surface area (Å²) >= 11 is 0. The number of anilines is 1. The highest BCUT2D eigenvalue weighted by atomic mass is 19.1. The number of rotatable bonds is 5. The van der Waals surface area contributed by atoms with Crippen molar-refractivity contribution >= 4 is 11.6 Å². The van der Waals surface area contributed by atoms with Gasteiger partial charge in [-0.2, -0.15) is 0 Å². The molecule has 0 aromatic heterocycles. The van der Waals surface area contributed by atoms with E-state index in [9.17, 15) is 18.7 Å². The van der Waals surface area contributed by atoms with E-state index in [2.05, 4.69) is 5.32 Å². The van der Waals surface area contributed by atoms with E-state index in [0.29, 0.717) is 11.1 Å². The highest BCUT2D eigenvalue weighted by Crippen LogP contribution is 2.47. The summed E-state index contributed by atoms with van der Waals surface area (Å²) in [5, 5.41) is 13.6. The zero-order valence-electron chi connectivity index (χ0n) is 15.0. The molecule has 1 heterocycles. The van der Waals surface area contributed by atoms with Gasteiger partial charge in [0, 0.05) is 6.54 Å². The lowest BCUT2D eigenvalue weighted by Gasteiger charge is -2.34. The van der Waals surface area contributed by atoms with Crippen LogP contribution < -0.4 is 10.2 Å². The maximum absolute atomic E-state index is 14.7. The van der Waals surface area contributed by atoms with Gasteiger partial charge in [-0.15, -0.1) is 0 Å². The van der Waals surface area contributed by atoms with Crippen molar-refractivity contribution in [3.05, 3.63) is 65.2 Å². The number of aliphatic hydroxyl groups is 1. The molecule has 0 radical (unpaired) electrons. The van der Waals surface area contributed by atoms with Gasteiger partial charge in [0.2, 0.25) is 5.91 Å². The van der Waals surface area contributed by atoms with E-state index in [1.807, 2.05) is 0 Å². The number of amides is 1. The Morgan fingerprint density at radius 3 is 2.54 bits per heavy atom. The van der Waals surface area contributed by atoms with Crippen LogP contribution in [0.2, 0.25) is 0 Å². The minimum absolute atomic E-state index is 0.145. The molecule has 2 N–H and O–H groups in total. The van der Waals surface area contributed by atoms with Crippen LogP contribution in [0.15, 0.2) is 42.5 Å². The molecule has 138 valence electrons. The molecule has 0 spiro atoms. The molecule has 1 aliphatic rings. The molecule has 2 aromatic carbocycles. The Morgan fingerprint density at radius 1 is 1.19 bits per heavy atom. The Balaban J connectivity index is 2.20. The molecule has 0 unspecified atom stereocenters. The maximum Gasteiger partial charge on any atom is 0.237 e. The second kappa shape index (κ2) is 6.78. The van der Waals surface area contributed by atoms with Gasteiger partial charge in [-0.25, -0.2) is 8.78 Å². The van der Waals surface area contributed by atoms with Crippen LogP contribution in [0.3, 0.4) is 0 Å². The third kappa shape index (κ3) is 2.89. The fourth-order valence-electron chi connectivity index (χ4n) is 3.60. The topological polar surface area (TPSA) is 52.6 Å². The van der Waals surface area contributed by atoms with Gasteiger partial charge in [0.1, 0.15) is 11.6 Å². The monoisotopic (exact) mass is 360 g/mol. The average Bonchev–Trinajstić information content (AvgIpc) is 2.78. The van der Waals surface area contributed by atoms with Crippen molar-refractivity contribution in [2.24, 2.45) is 0 Å². The average molecular weight is 360 g/mol. The quantitative estimate of drug-likeness (QED) is 0.862. The Morgan fingerprint density at radius 2 is 1.88 bits per heavy atom. The molecule has 4 nitrogen and oxygen atoms in total. The van der Waals surface area contributed by atoms with Crippen LogP contribution in [-0.2, 0) is 10.2 Å². The molecule has 0 saturated heterocycles. The fraction of sp³-hybridized carbons (Fsp3) is 0.350. The molecule has 2 atom stereocenters. The van der Waals surface area contributed by atoms with Crippen LogP contribution in [-0.4, -0.2) is 30.7 Å². The van der Waals surface area contributed by atoms with E-state index in [1.54, 1.807) is 39.1 Å². The van der Waals surface area contributed by atoms with Crippen molar-refractivity contribution in [2.45, 2.75) is 31.4 Å². The van der Waals surface area contributed by atoms with Gasteiger partial charge >= 0.3 is 0 Å². The number of hydrogen-bond acceptors (Lipinski definition) is 3. The minimum atomic E-state index is -1.05. The van der Waals surface area contributed by atoms with Crippen LogP contribution in [0.1, 0.15) is 31.0 Å². The van der Waals surface area contributed by atoms with Gasteiger partial charge in [-0.3, -0.25) is 9.69 Å². The summed E-state index contributed by atoms with van der Waals surface area (Å²) in [5.41, 5.74) is 0.169. The third-order valence-corrected chi connectivity index (χ3v) is 4.90. The van der Waals surface area contributed by atoms with Gasteiger partial charge in [-0.1, -0.05) is 24.3 Å². The lowest BCUT2D eigenvalue weighted by Crippen LogP contribution is -2.45. The van der Waals surface area contributed by atoms with Gasteiger partial charge in [0.15, 0.2) is 0 Å². The second-order valence-electron chi connectivity index (χ2n) is 7.06. The lowest BCUT2D eigenvalue weighted by atomic mass is 9.86. The SMILES string of the molecule is CNC[C@H](O)[C@H](c1cccc(F)c1)N1C(=O)C(C)(C)c2cccc(F)c21. The van der Waals surface area contributed by atoms with Crippen molar-refractivity contribution in [1.82, 2.24) is 5.32 Å². The number of halogens is 2. The van der Waals surface area contributed by atoms with Crippen LogP contribution in [0.5, 0.6) is 0 Å². The summed E-state index contributed by atoms with van der Waals surface area (Å²) in [5.74, 6) is -1.36. The van der Waals surface area contributed by atoms with Gasteiger partial charge in [-0.05, 0) is 50.2 Å². The number of nitrogens with zero attached hydrogens (tertiary/aromatic N) is 1. The van der Waals surface area contributed by atoms with Crippen LogP contribution in [0, 0.1) is 11.6 Å². The molecule has 1 amide bonds. The standard InChI is InChI=1S/C20H22F2N2O2/c1-20(2)14-8-5-9-15(22)18(14)24(19(20)26)17(16(25)11-23-3)12-6-4-7-13(21)10-12/h4-10,16-17,23,25H,11H2,1-3H3/t16-,17-/m0/s1. The Hall–Kier alpha value is -2.31. The molecule has 26 heavy (non-hydrogen) atoms. The van der Waals surface area contributed by atoms with Gasteiger partial charge in [0.05, 0.1) is 23.2 Å². The molecule has 0 aliphatic carbocycles. The first kappa shape index (κ1) is 18.5. The van der Waals surface area contributed by atoms with Crippen molar-refractivity contribution < 1.29 is 18.7 Å². The summed E-state index contributed by atoms with van der Waals surface area (Å²) in [6.45, 7) is 3.61. The smallest absolute Gasteiger partial charge is 0.237 e. The number of likely N-dealkylation sites (N-methyl/N-ethyl adjacent to an activating group) is 1. The highest BCUT2D eigenvalue weighted by molar-refractivity contribution is 6.08. The Bertz CT molecular complexity index is 838. The predicted molar refractivity (Wildman–Crippen MR) is 96.0 cm³/mol. The summed E-state index contributed by atoms with van der Waals surface area (Å²) in [7, 11) is 1.66. The number of carbonyl (C=O) groups is 1. The molecule has 0 bridgehead atoms. The van der Waals surface area contributed by atoms with Crippen molar-refractivity contribution in [3.8, 4) is 0 Å². The van der Waals surface area contributed by atoms with E-state index < -0.39 is 29.2 Å². The summed E-state index contributed by atoms with van der Waals surface area (Å²) in [6, 6.07) is 9.34. The molecule has 3 rings (SSSR count). The van der Waals surface area contributed by atoms with E-state index in [1.165, 1.54) is 29.2 Å². The molecule has 0 fully saturated rings. The molecular weight excluding hydrogens is 338 g/mol. The maximum atomic E-state index is 14.7. The molecular formula is C20H22F2N2O2. The number of aliphatic hydroxyl groups excluding tert-OH is 1. The van der Waals surface area contributed by atoms with Gasteiger partial charge < -0.3 is 10.4 Å². The number of para-hydroxylation sites is 1. The Kier molecular flexibility index (Phi) is 4.82. The molecule has 0 saturated carbocycles. The summed E-state index contributed by atoms with van der Waals surface area (Å²) in [4.78, 5) is 14.5. The number of hydrogen-bond donors (Lipinski definition) is 2. The number of carbonyl (C=O) groups excluding carboxylic acids is 1. The first-order valence-corrected chi connectivity index (χ1v) is 8.49. The van der Waals surface area contributed by atoms with E-state index in [4.69, 9.17) is 0 Å². The number of benzene rings is 2. The lowest BCUT2D eigenvalue weighted by molar-refractivity contribution is -0.123. The highest BCUT2D eigenvalue weighted by Gasteiger charge is 2.49. The Labute approximate surface area is 151 Å². The van der Waals surface area contributed by atoms with E-state index in [-0.39, 0.29) is 18.1 Å². The third-order valence-electron chi connectivity index (χ3n) is 4.90. The van der Waals surface area contributed by atoms with Crippen LogP contribution in [0.25, 0.3) is 0 Å². The first-order chi connectivity index (χ1) is 12.3. The summed E-state index contributed by atoms with van der Waals surface area (Å²) in [6.07, 6.45) is -1.05. The van der Waals surface area contributed by atoms with E-state index >= 15 is 0 Å². The second-order valence-corrected chi connectivity index (χ2v) is 7.06. The zero-order chi connectivity index (χ0) is 19.1. The van der Waals surface area contributed by atoms with Gasteiger partial charge in [0.25, 0.3) is 0 Å².